The summed E-state index contributed by atoms with van der Waals surface area (Å²) in [6.45, 7) is 9.87. The Kier molecular flexibility index (Phi) is 17.8. The summed E-state index contributed by atoms with van der Waals surface area (Å²) in [5.41, 5.74) is 0. The molecule has 0 aromatic heterocycles. The second kappa shape index (κ2) is 19.8. The molecule has 0 heterocycles. The first-order chi connectivity index (χ1) is 16.4. The van der Waals surface area contributed by atoms with Crippen molar-refractivity contribution >= 4 is 12.3 Å². The average molecular weight is 485 g/mol. The number of carbonyl (C=O) groups is 2. The van der Waals surface area contributed by atoms with Gasteiger partial charge in [0.15, 0.2) is 0 Å². The maximum Gasteiger partial charge on any atom is 0.508 e. The van der Waals surface area contributed by atoms with Crippen LogP contribution >= 0.6 is 0 Å². The first kappa shape index (κ1) is 30.6. The van der Waals surface area contributed by atoms with Crippen molar-refractivity contribution in [3.63, 3.8) is 0 Å². The summed E-state index contributed by atoms with van der Waals surface area (Å²) in [7, 11) is 0. The minimum atomic E-state index is -0.576. The molecule has 1 aliphatic carbocycles. The molecule has 1 saturated carbocycles. The zero-order chi connectivity index (χ0) is 25.0. The minimum absolute atomic E-state index is 0.157. The fourth-order valence-electron chi connectivity index (χ4n) is 4.29. The summed E-state index contributed by atoms with van der Waals surface area (Å²) in [5.74, 6) is 1.55. The van der Waals surface area contributed by atoms with Gasteiger partial charge in [-0.3, -0.25) is 0 Å². The Balaban J connectivity index is 1.96. The van der Waals surface area contributed by atoms with Crippen LogP contribution in [-0.4, -0.2) is 37.7 Å². The van der Waals surface area contributed by atoms with Crippen molar-refractivity contribution in [2.24, 2.45) is 11.8 Å². The predicted octanol–water partition coefficient (Wildman–Crippen LogP) is 8.60. The summed E-state index contributed by atoms with van der Waals surface area (Å²) in [6, 6.07) is 0. The molecule has 0 unspecified atom stereocenters. The fraction of sp³-hybridized carbons (Fsp3) is 0.929. The summed E-state index contributed by atoms with van der Waals surface area (Å²) >= 11 is 0. The zero-order valence-electron chi connectivity index (χ0n) is 22.5. The highest BCUT2D eigenvalue weighted by Gasteiger charge is 2.27. The van der Waals surface area contributed by atoms with E-state index < -0.39 is 12.3 Å². The predicted molar refractivity (Wildman–Crippen MR) is 136 cm³/mol. The molecule has 0 N–H and O–H groups in total. The van der Waals surface area contributed by atoms with E-state index in [0.29, 0.717) is 38.9 Å². The molecule has 1 aliphatic rings. The summed E-state index contributed by atoms with van der Waals surface area (Å²) < 4.78 is 21.3. The van der Waals surface area contributed by atoms with Gasteiger partial charge in [0, 0.05) is 0 Å². The molecular formula is C28H52O6. The van der Waals surface area contributed by atoms with Crippen molar-refractivity contribution < 1.29 is 28.5 Å². The lowest BCUT2D eigenvalue weighted by molar-refractivity contribution is -0.0271. The Morgan fingerprint density at radius 1 is 0.559 bits per heavy atom. The first-order valence-corrected chi connectivity index (χ1v) is 14.0. The lowest BCUT2D eigenvalue weighted by atomic mass is 9.95. The highest BCUT2D eigenvalue weighted by molar-refractivity contribution is 5.60. The van der Waals surface area contributed by atoms with Crippen LogP contribution in [-0.2, 0) is 18.9 Å². The average Bonchev–Trinajstić information content (AvgIpc) is 2.78. The van der Waals surface area contributed by atoms with E-state index in [0.717, 1.165) is 37.5 Å². The van der Waals surface area contributed by atoms with Gasteiger partial charge >= 0.3 is 12.3 Å². The Hall–Kier alpha value is -1.46. The van der Waals surface area contributed by atoms with Crippen LogP contribution in [0.5, 0.6) is 0 Å². The summed E-state index contributed by atoms with van der Waals surface area (Å²) in [4.78, 5) is 23.8. The molecule has 0 aromatic carbocycles. The van der Waals surface area contributed by atoms with Crippen molar-refractivity contribution in [2.75, 3.05) is 13.2 Å². The largest absolute Gasteiger partial charge is 0.508 e. The van der Waals surface area contributed by atoms with Gasteiger partial charge in [0.25, 0.3) is 0 Å². The van der Waals surface area contributed by atoms with Crippen LogP contribution in [0.3, 0.4) is 0 Å². The second-order valence-electron chi connectivity index (χ2n) is 10.7. The van der Waals surface area contributed by atoms with E-state index in [1.165, 1.54) is 51.4 Å². The van der Waals surface area contributed by atoms with Crippen LogP contribution in [0.1, 0.15) is 130 Å². The second-order valence-corrected chi connectivity index (χ2v) is 10.7. The molecule has 0 aliphatic heterocycles. The van der Waals surface area contributed by atoms with Crippen LogP contribution in [0.25, 0.3) is 0 Å². The number of rotatable bonds is 18. The van der Waals surface area contributed by atoms with E-state index in [1.54, 1.807) is 0 Å². The molecule has 0 spiro atoms. The van der Waals surface area contributed by atoms with E-state index in [-0.39, 0.29) is 12.2 Å². The van der Waals surface area contributed by atoms with Crippen molar-refractivity contribution in [1.29, 1.82) is 0 Å². The number of hydrogen-bond acceptors (Lipinski definition) is 6. The molecule has 6 nitrogen and oxygen atoms in total. The Morgan fingerprint density at radius 3 is 1.24 bits per heavy atom. The highest BCUT2D eigenvalue weighted by Crippen LogP contribution is 2.24. The molecule has 200 valence electrons. The van der Waals surface area contributed by atoms with Crippen molar-refractivity contribution in [1.82, 2.24) is 0 Å². The standard InChI is InChI=1S/C28H52O6/c1-23(2)15-11-7-5-9-13-21-31-27(29)33-25-17-19-26(20-18-25)34-28(30)32-22-14-10-6-8-12-16-24(3)4/h23-26H,5-22H2,1-4H3. The van der Waals surface area contributed by atoms with E-state index >= 15 is 0 Å². The molecular weight excluding hydrogens is 432 g/mol. The first-order valence-electron chi connectivity index (χ1n) is 14.0. The van der Waals surface area contributed by atoms with Crippen molar-refractivity contribution in [3.05, 3.63) is 0 Å². The SMILES string of the molecule is CC(C)CCCCCCCOC(=O)OC1CCC(OC(=O)OCCCCCCCC(C)C)CC1. The van der Waals surface area contributed by atoms with Gasteiger partial charge < -0.3 is 18.9 Å². The maximum absolute atomic E-state index is 11.9. The Labute approximate surface area is 208 Å². The molecule has 6 heteroatoms. The van der Waals surface area contributed by atoms with Gasteiger partial charge in [0.05, 0.1) is 13.2 Å². The number of unbranched alkanes of at least 4 members (excludes halogenated alkanes) is 8. The third kappa shape index (κ3) is 17.9. The van der Waals surface area contributed by atoms with Crippen LogP contribution in [0.15, 0.2) is 0 Å². The molecule has 0 radical (unpaired) electrons. The van der Waals surface area contributed by atoms with Crippen LogP contribution in [0, 0.1) is 11.8 Å². The maximum atomic E-state index is 11.9. The van der Waals surface area contributed by atoms with Crippen LogP contribution < -0.4 is 0 Å². The van der Waals surface area contributed by atoms with Crippen LogP contribution in [0.4, 0.5) is 9.59 Å². The smallest absolute Gasteiger partial charge is 0.434 e. The Bertz CT molecular complexity index is 465. The highest BCUT2D eigenvalue weighted by atomic mass is 16.7. The molecule has 0 amide bonds. The molecule has 0 saturated heterocycles. The third-order valence-corrected chi connectivity index (χ3v) is 6.44. The molecule has 34 heavy (non-hydrogen) atoms. The number of carbonyl (C=O) groups excluding carboxylic acids is 2. The quantitative estimate of drug-likeness (QED) is 0.143. The minimum Gasteiger partial charge on any atom is -0.434 e. The monoisotopic (exact) mass is 484 g/mol. The lowest BCUT2D eigenvalue weighted by Gasteiger charge is -2.27. The van der Waals surface area contributed by atoms with E-state index in [9.17, 15) is 9.59 Å². The number of hydrogen-bond donors (Lipinski definition) is 0. The van der Waals surface area contributed by atoms with E-state index in [4.69, 9.17) is 18.9 Å². The fourth-order valence-corrected chi connectivity index (χ4v) is 4.29. The van der Waals surface area contributed by atoms with Gasteiger partial charge in [-0.25, -0.2) is 9.59 Å². The Morgan fingerprint density at radius 2 is 0.882 bits per heavy atom. The molecule has 0 bridgehead atoms. The topological polar surface area (TPSA) is 71.1 Å². The van der Waals surface area contributed by atoms with Gasteiger partial charge in [0.1, 0.15) is 12.2 Å². The third-order valence-electron chi connectivity index (χ3n) is 6.44. The summed E-state index contributed by atoms with van der Waals surface area (Å²) in [5, 5.41) is 0. The van der Waals surface area contributed by atoms with Crippen molar-refractivity contribution in [3.8, 4) is 0 Å². The molecule has 0 aromatic rings. The van der Waals surface area contributed by atoms with Gasteiger partial charge in [0.2, 0.25) is 0 Å². The molecule has 1 fully saturated rings. The van der Waals surface area contributed by atoms with E-state index in [1.807, 2.05) is 0 Å². The normalized spacial score (nSPS) is 18.2. The number of ether oxygens (including phenoxy) is 4. The molecule has 1 rings (SSSR count). The zero-order valence-corrected chi connectivity index (χ0v) is 22.5. The van der Waals surface area contributed by atoms with Gasteiger partial charge in [-0.15, -0.1) is 0 Å². The summed E-state index contributed by atoms with van der Waals surface area (Å²) in [6.07, 6.45) is 15.2. The molecule has 0 atom stereocenters. The van der Waals surface area contributed by atoms with Crippen LogP contribution in [0.2, 0.25) is 0 Å². The van der Waals surface area contributed by atoms with Crippen molar-refractivity contribution in [2.45, 2.75) is 143 Å². The van der Waals surface area contributed by atoms with E-state index in [2.05, 4.69) is 27.7 Å². The van der Waals surface area contributed by atoms with Gasteiger partial charge in [-0.1, -0.05) is 91.9 Å². The van der Waals surface area contributed by atoms with Gasteiger partial charge in [-0.2, -0.15) is 0 Å². The van der Waals surface area contributed by atoms with Gasteiger partial charge in [-0.05, 0) is 50.4 Å². The lowest BCUT2D eigenvalue weighted by Crippen LogP contribution is -2.30.